The van der Waals surface area contributed by atoms with Crippen LogP contribution in [0, 0.1) is 23.2 Å². The number of carboxylic acids is 2. The molecule has 6 amide bonds. The molecule has 3 rings (SSSR count). The summed E-state index contributed by atoms with van der Waals surface area (Å²) >= 11 is 0. The van der Waals surface area contributed by atoms with Crippen molar-refractivity contribution in [3.63, 3.8) is 0 Å². The second kappa shape index (κ2) is 21.5. The Bertz CT molecular complexity index is 1590. The van der Waals surface area contributed by atoms with Crippen LogP contribution in [0.5, 0.6) is 0 Å². The number of likely N-dealkylation sites (tertiary alicyclic amines) is 1. The zero-order valence-corrected chi connectivity index (χ0v) is 34.1. The van der Waals surface area contributed by atoms with Crippen molar-refractivity contribution in [3.05, 3.63) is 35.9 Å². The van der Waals surface area contributed by atoms with Crippen molar-refractivity contribution in [2.75, 3.05) is 13.1 Å². The van der Waals surface area contributed by atoms with E-state index in [9.17, 15) is 48.6 Å². The first-order chi connectivity index (χ1) is 26.9. The van der Waals surface area contributed by atoms with Gasteiger partial charge in [0.2, 0.25) is 35.4 Å². The molecule has 2 aliphatic rings. The van der Waals surface area contributed by atoms with Gasteiger partial charge in [-0.3, -0.25) is 33.6 Å². The Balaban J connectivity index is 1.88. The van der Waals surface area contributed by atoms with Crippen LogP contribution in [0.25, 0.3) is 0 Å². The highest BCUT2D eigenvalue weighted by Gasteiger charge is 2.53. The van der Waals surface area contributed by atoms with Crippen LogP contribution >= 0.6 is 0 Å². The second-order valence-electron chi connectivity index (χ2n) is 16.5. The third kappa shape index (κ3) is 13.3. The quantitative estimate of drug-likeness (QED) is 0.0956. The van der Waals surface area contributed by atoms with Crippen molar-refractivity contribution in [3.8, 4) is 0 Å². The number of rotatable bonds is 21. The van der Waals surface area contributed by atoms with E-state index in [-0.39, 0.29) is 43.4 Å². The van der Waals surface area contributed by atoms with Gasteiger partial charge in [0.25, 0.3) is 0 Å². The molecule has 2 fully saturated rings. The van der Waals surface area contributed by atoms with E-state index in [2.05, 4.69) is 26.6 Å². The van der Waals surface area contributed by atoms with E-state index in [1.165, 1.54) is 0 Å². The van der Waals surface area contributed by atoms with Crippen LogP contribution in [-0.4, -0.2) is 106 Å². The number of hydrogen-bond acceptors (Lipinski definition) is 8. The third-order valence-electron chi connectivity index (χ3n) is 10.8. The van der Waals surface area contributed by atoms with Gasteiger partial charge in [-0.2, -0.15) is 0 Å². The zero-order chi connectivity index (χ0) is 42.4. The van der Waals surface area contributed by atoms with Crippen molar-refractivity contribution in [1.82, 2.24) is 31.5 Å². The molecular formula is C41H62N6O10. The molecule has 0 bridgehead atoms. The monoisotopic (exact) mass is 798 g/mol. The Kier molecular flexibility index (Phi) is 17.5. The van der Waals surface area contributed by atoms with Crippen LogP contribution < -0.4 is 26.6 Å². The number of nitrogens with one attached hydrogen (secondary N) is 5. The van der Waals surface area contributed by atoms with Crippen molar-refractivity contribution in [2.24, 2.45) is 23.2 Å². The first-order valence-electron chi connectivity index (χ1n) is 20.1. The van der Waals surface area contributed by atoms with Gasteiger partial charge in [-0.1, -0.05) is 84.7 Å². The SMILES string of the molecule is CC(C)C[C@H](NC(=O)[C@@H](NC(=O)[C@H](CC(=O)N1CCCC1)NC(=O)[C@@H](NC(=O)[C@@H](NC(=O)CCc1ccccc1)C(C)C)C(C)C)C1(C(=O)O)CCCC1)C(=O)O. The largest absolute Gasteiger partial charge is 0.481 e. The summed E-state index contributed by atoms with van der Waals surface area (Å²) in [6.45, 7) is 11.3. The Labute approximate surface area is 335 Å². The lowest BCUT2D eigenvalue weighted by Crippen LogP contribution is -2.64. The van der Waals surface area contributed by atoms with Crippen molar-refractivity contribution in [2.45, 2.75) is 136 Å². The molecule has 0 radical (unpaired) electrons. The molecule has 1 heterocycles. The molecule has 1 aliphatic carbocycles. The Morgan fingerprint density at radius 1 is 0.667 bits per heavy atom. The fourth-order valence-electron chi connectivity index (χ4n) is 7.48. The van der Waals surface area contributed by atoms with E-state index < -0.39 is 89.4 Å². The highest BCUT2D eigenvalue weighted by Crippen LogP contribution is 2.42. The summed E-state index contributed by atoms with van der Waals surface area (Å²) in [6, 6.07) is 2.47. The van der Waals surface area contributed by atoms with Gasteiger partial charge in [0.15, 0.2) is 0 Å². The smallest absolute Gasteiger partial charge is 0.326 e. The van der Waals surface area contributed by atoms with Crippen LogP contribution in [0.1, 0.15) is 105 Å². The minimum absolute atomic E-state index is 0.0214. The van der Waals surface area contributed by atoms with E-state index in [4.69, 9.17) is 0 Å². The maximum absolute atomic E-state index is 14.2. The molecule has 1 saturated heterocycles. The number of aliphatic carboxylic acids is 2. The molecule has 1 aromatic carbocycles. The topological polar surface area (TPSA) is 240 Å². The normalized spacial score (nSPS) is 17.6. The maximum Gasteiger partial charge on any atom is 0.326 e. The third-order valence-corrected chi connectivity index (χ3v) is 10.8. The summed E-state index contributed by atoms with van der Waals surface area (Å²) in [5, 5.41) is 33.3. The molecule has 1 saturated carbocycles. The van der Waals surface area contributed by atoms with Gasteiger partial charge in [0.1, 0.15) is 30.2 Å². The average molecular weight is 799 g/mol. The average Bonchev–Trinajstić information content (AvgIpc) is 3.88. The first-order valence-corrected chi connectivity index (χ1v) is 20.1. The lowest BCUT2D eigenvalue weighted by molar-refractivity contribution is -0.155. The van der Waals surface area contributed by atoms with Gasteiger partial charge >= 0.3 is 11.9 Å². The molecule has 1 aromatic rings. The highest BCUT2D eigenvalue weighted by molar-refractivity contribution is 5.99. The minimum atomic E-state index is -1.78. The van der Waals surface area contributed by atoms with E-state index >= 15 is 0 Å². The number of carboxylic acid groups (broad SMARTS) is 2. The number of aryl methyl sites for hydroxylation is 1. The lowest BCUT2D eigenvalue weighted by Gasteiger charge is -2.35. The summed E-state index contributed by atoms with van der Waals surface area (Å²) in [4.78, 5) is 109. The van der Waals surface area contributed by atoms with E-state index in [0.29, 0.717) is 32.4 Å². The predicted octanol–water partition coefficient (Wildman–Crippen LogP) is 2.14. The van der Waals surface area contributed by atoms with Gasteiger partial charge < -0.3 is 41.7 Å². The Morgan fingerprint density at radius 2 is 1.21 bits per heavy atom. The van der Waals surface area contributed by atoms with Gasteiger partial charge in [-0.05, 0) is 61.8 Å². The fraction of sp³-hybridized carbons (Fsp3) is 0.659. The van der Waals surface area contributed by atoms with Crippen molar-refractivity contribution < 1.29 is 48.6 Å². The second-order valence-corrected chi connectivity index (χ2v) is 16.5. The number of nitrogens with zero attached hydrogens (tertiary/aromatic N) is 1. The van der Waals surface area contributed by atoms with Crippen LogP contribution in [-0.2, 0) is 44.8 Å². The predicted molar refractivity (Wildman–Crippen MR) is 210 cm³/mol. The number of carbonyl (C=O) groups excluding carboxylic acids is 6. The summed E-state index contributed by atoms with van der Waals surface area (Å²) in [7, 11) is 0. The number of amides is 6. The van der Waals surface area contributed by atoms with Crippen LogP contribution in [0.3, 0.4) is 0 Å². The van der Waals surface area contributed by atoms with E-state index in [1.807, 2.05) is 30.3 Å². The van der Waals surface area contributed by atoms with Crippen molar-refractivity contribution in [1.29, 1.82) is 0 Å². The van der Waals surface area contributed by atoms with Gasteiger partial charge in [0, 0.05) is 19.5 Å². The summed E-state index contributed by atoms with van der Waals surface area (Å²) in [5.74, 6) is -7.98. The van der Waals surface area contributed by atoms with Gasteiger partial charge in [0.05, 0.1) is 11.8 Å². The maximum atomic E-state index is 14.2. The molecule has 16 heteroatoms. The highest BCUT2D eigenvalue weighted by atomic mass is 16.4. The molecule has 57 heavy (non-hydrogen) atoms. The molecule has 1 aliphatic heterocycles. The van der Waals surface area contributed by atoms with Crippen LogP contribution in [0.15, 0.2) is 30.3 Å². The molecule has 16 nitrogen and oxygen atoms in total. The van der Waals surface area contributed by atoms with Crippen LogP contribution in [0.2, 0.25) is 0 Å². The summed E-state index contributed by atoms with van der Waals surface area (Å²) in [6.07, 6.45) is 2.53. The van der Waals surface area contributed by atoms with Gasteiger partial charge in [-0.25, -0.2) is 4.79 Å². The van der Waals surface area contributed by atoms with Crippen molar-refractivity contribution >= 4 is 47.4 Å². The van der Waals surface area contributed by atoms with Gasteiger partial charge in [-0.15, -0.1) is 0 Å². The number of hydrogen-bond donors (Lipinski definition) is 7. The zero-order valence-electron chi connectivity index (χ0n) is 34.1. The van der Waals surface area contributed by atoms with E-state index in [0.717, 1.165) is 18.4 Å². The molecule has 316 valence electrons. The summed E-state index contributed by atoms with van der Waals surface area (Å²) in [5.41, 5.74) is -0.819. The molecule has 0 aromatic heterocycles. The van der Waals surface area contributed by atoms with Crippen LogP contribution in [0.4, 0.5) is 0 Å². The van der Waals surface area contributed by atoms with E-state index in [1.54, 1.807) is 46.4 Å². The minimum Gasteiger partial charge on any atom is -0.481 e. The number of carbonyl (C=O) groups is 8. The molecule has 7 N–H and O–H groups in total. The first kappa shape index (κ1) is 46.4. The molecule has 5 atom stereocenters. The lowest BCUT2D eigenvalue weighted by atomic mass is 9.77. The molecule has 0 spiro atoms. The molecular weight excluding hydrogens is 736 g/mol. The molecule has 0 unspecified atom stereocenters. The fourth-order valence-corrected chi connectivity index (χ4v) is 7.48. The standard InChI is InChI=1S/C41H62N6O10/c1-24(2)22-29(39(54)55)43-38(53)34(41(40(56)57)18-10-11-19-41)46-35(50)28(23-31(49)47-20-12-13-21-47)42-36(51)33(26(5)6)45-37(52)32(25(3)4)44-30(48)17-16-27-14-8-7-9-15-27/h7-9,14-15,24-26,28-29,32-34H,10-13,16-23H2,1-6H3,(H,42,51)(H,43,53)(H,44,48)(H,45,52)(H,46,50)(H,54,55)(H,56,57)/t28-,29-,32-,33-,34+/m0/s1. The number of benzene rings is 1. The Hall–Kier alpha value is -5.02. The Morgan fingerprint density at radius 3 is 1.74 bits per heavy atom. The summed E-state index contributed by atoms with van der Waals surface area (Å²) < 4.78 is 0.